The highest BCUT2D eigenvalue weighted by Gasteiger charge is 2.12. The van der Waals surface area contributed by atoms with Crippen molar-refractivity contribution in [2.24, 2.45) is 0 Å². The van der Waals surface area contributed by atoms with E-state index in [0.717, 1.165) is 0 Å². The Balaban J connectivity index is 1.70. The van der Waals surface area contributed by atoms with Crippen LogP contribution >= 0.6 is 0 Å². The molecule has 1 fully saturated rings. The zero-order valence-corrected chi connectivity index (χ0v) is 11.1. The van der Waals surface area contributed by atoms with E-state index in [0.29, 0.717) is 30.8 Å². The van der Waals surface area contributed by atoms with Gasteiger partial charge in [-0.2, -0.15) is 5.26 Å². The fourth-order valence-electron chi connectivity index (χ4n) is 2.35. The molecule has 1 saturated carbocycles. The van der Waals surface area contributed by atoms with E-state index in [4.69, 9.17) is 10.00 Å². The molecule has 102 valence electrons. The van der Waals surface area contributed by atoms with E-state index in [9.17, 15) is 0 Å². The van der Waals surface area contributed by atoms with Crippen molar-refractivity contribution in [2.75, 3.05) is 18.5 Å². The van der Waals surface area contributed by atoms with Crippen molar-refractivity contribution in [1.29, 1.82) is 5.26 Å². The Kier molecular flexibility index (Phi) is 5.57. The first-order valence-electron chi connectivity index (χ1n) is 6.96. The van der Waals surface area contributed by atoms with Crippen LogP contribution in [0, 0.1) is 11.3 Å². The normalized spacial score (nSPS) is 16.6. The smallest absolute Gasteiger partial charge is 0.182 e. The van der Waals surface area contributed by atoms with Crippen LogP contribution in [-0.4, -0.2) is 29.2 Å². The molecule has 1 aliphatic carbocycles. The topological polar surface area (TPSA) is 70.8 Å². The van der Waals surface area contributed by atoms with Crippen molar-refractivity contribution >= 4 is 5.82 Å². The van der Waals surface area contributed by atoms with E-state index in [1.54, 1.807) is 6.20 Å². The summed E-state index contributed by atoms with van der Waals surface area (Å²) in [6.07, 6.45) is 11.1. The molecule has 5 heteroatoms. The maximum absolute atomic E-state index is 8.89. The second-order valence-electron chi connectivity index (χ2n) is 4.78. The molecule has 2 rings (SSSR count). The van der Waals surface area contributed by atoms with Crippen LogP contribution in [0.25, 0.3) is 0 Å². The number of anilines is 1. The SMILES string of the molecule is N#Cc1nccnc1NCCOC1CCCCCC1. The average Bonchev–Trinajstić information content (AvgIpc) is 2.72. The van der Waals surface area contributed by atoms with E-state index in [2.05, 4.69) is 15.3 Å². The predicted octanol–water partition coefficient (Wildman–Crippen LogP) is 2.50. The Morgan fingerprint density at radius 1 is 1.21 bits per heavy atom. The van der Waals surface area contributed by atoms with Crippen molar-refractivity contribution in [3.05, 3.63) is 18.1 Å². The lowest BCUT2D eigenvalue weighted by atomic mass is 10.1. The molecule has 0 unspecified atom stereocenters. The lowest BCUT2D eigenvalue weighted by Crippen LogP contribution is -2.18. The summed E-state index contributed by atoms with van der Waals surface area (Å²) in [7, 11) is 0. The zero-order valence-electron chi connectivity index (χ0n) is 11.1. The molecule has 0 bridgehead atoms. The summed E-state index contributed by atoms with van der Waals surface area (Å²) in [5, 5.41) is 12.0. The summed E-state index contributed by atoms with van der Waals surface area (Å²) in [4.78, 5) is 8.05. The van der Waals surface area contributed by atoms with Crippen LogP contribution < -0.4 is 5.32 Å². The van der Waals surface area contributed by atoms with Crippen LogP contribution in [0.4, 0.5) is 5.82 Å². The first-order chi connectivity index (χ1) is 9.40. The predicted molar refractivity (Wildman–Crippen MR) is 72.7 cm³/mol. The summed E-state index contributed by atoms with van der Waals surface area (Å²) in [6.45, 7) is 1.30. The monoisotopic (exact) mass is 260 g/mol. The summed E-state index contributed by atoms with van der Waals surface area (Å²) in [5.41, 5.74) is 0.331. The highest BCUT2D eigenvalue weighted by atomic mass is 16.5. The molecule has 1 N–H and O–H groups in total. The third kappa shape index (κ3) is 4.49. The number of aromatic nitrogens is 2. The van der Waals surface area contributed by atoms with Crippen molar-refractivity contribution < 1.29 is 4.74 Å². The van der Waals surface area contributed by atoms with E-state index in [1.807, 2.05) is 6.07 Å². The number of rotatable bonds is 5. The lowest BCUT2D eigenvalue weighted by molar-refractivity contribution is 0.0501. The zero-order chi connectivity index (χ0) is 13.3. The number of nitriles is 1. The van der Waals surface area contributed by atoms with E-state index >= 15 is 0 Å². The molecular weight excluding hydrogens is 240 g/mol. The van der Waals surface area contributed by atoms with Crippen LogP contribution in [0.3, 0.4) is 0 Å². The number of hydrogen-bond donors (Lipinski definition) is 1. The van der Waals surface area contributed by atoms with Crippen LogP contribution in [0.2, 0.25) is 0 Å². The van der Waals surface area contributed by atoms with Gasteiger partial charge in [0.1, 0.15) is 6.07 Å². The number of nitrogens with zero attached hydrogens (tertiary/aromatic N) is 3. The van der Waals surface area contributed by atoms with Crippen molar-refractivity contribution in [1.82, 2.24) is 9.97 Å². The van der Waals surface area contributed by atoms with Crippen LogP contribution in [0.1, 0.15) is 44.2 Å². The van der Waals surface area contributed by atoms with Gasteiger partial charge >= 0.3 is 0 Å². The van der Waals surface area contributed by atoms with Crippen LogP contribution in [0.5, 0.6) is 0 Å². The molecule has 1 aliphatic rings. The molecule has 0 radical (unpaired) electrons. The van der Waals surface area contributed by atoms with Crippen molar-refractivity contribution in [3.63, 3.8) is 0 Å². The second kappa shape index (κ2) is 7.70. The minimum Gasteiger partial charge on any atom is -0.376 e. The molecule has 1 heterocycles. The van der Waals surface area contributed by atoms with Crippen molar-refractivity contribution in [2.45, 2.75) is 44.6 Å². The Hall–Kier alpha value is -1.67. The summed E-state index contributed by atoms with van der Waals surface area (Å²) in [5.74, 6) is 0.537. The Morgan fingerprint density at radius 3 is 2.68 bits per heavy atom. The Bertz CT molecular complexity index is 422. The van der Waals surface area contributed by atoms with Gasteiger partial charge in [-0.05, 0) is 12.8 Å². The molecule has 0 atom stereocenters. The Labute approximate surface area is 114 Å². The van der Waals surface area contributed by atoms with E-state index in [1.165, 1.54) is 44.7 Å². The second-order valence-corrected chi connectivity index (χ2v) is 4.78. The third-order valence-electron chi connectivity index (χ3n) is 3.35. The molecular formula is C14H20N4O. The molecule has 19 heavy (non-hydrogen) atoms. The maximum atomic E-state index is 8.89. The maximum Gasteiger partial charge on any atom is 0.182 e. The van der Waals surface area contributed by atoms with Gasteiger partial charge in [0, 0.05) is 18.9 Å². The molecule has 1 aromatic rings. The van der Waals surface area contributed by atoms with Crippen LogP contribution in [0.15, 0.2) is 12.4 Å². The largest absolute Gasteiger partial charge is 0.376 e. The molecule has 0 aromatic carbocycles. The van der Waals surface area contributed by atoms with Gasteiger partial charge in [0.15, 0.2) is 11.5 Å². The van der Waals surface area contributed by atoms with Crippen molar-refractivity contribution in [3.8, 4) is 6.07 Å². The fourth-order valence-corrected chi connectivity index (χ4v) is 2.35. The molecule has 0 saturated heterocycles. The van der Waals surface area contributed by atoms with E-state index in [-0.39, 0.29) is 0 Å². The highest BCUT2D eigenvalue weighted by Crippen LogP contribution is 2.19. The standard InChI is InChI=1S/C14H20N4O/c15-11-13-14(17-8-7-16-13)18-9-10-19-12-5-3-1-2-4-6-12/h7-8,12H,1-6,9-10H2,(H,17,18). The van der Waals surface area contributed by atoms with Gasteiger partial charge in [0.25, 0.3) is 0 Å². The molecule has 5 nitrogen and oxygen atoms in total. The minimum atomic E-state index is 0.331. The number of nitrogens with one attached hydrogen (secondary N) is 1. The first kappa shape index (κ1) is 13.8. The van der Waals surface area contributed by atoms with Crippen LogP contribution in [-0.2, 0) is 4.74 Å². The van der Waals surface area contributed by atoms with Gasteiger partial charge in [0.05, 0.1) is 12.7 Å². The summed E-state index contributed by atoms with van der Waals surface area (Å²) in [6, 6.07) is 2.02. The van der Waals surface area contributed by atoms with E-state index < -0.39 is 0 Å². The molecule has 0 aliphatic heterocycles. The summed E-state index contributed by atoms with van der Waals surface area (Å²) >= 11 is 0. The van der Waals surface area contributed by atoms with Gasteiger partial charge in [-0.1, -0.05) is 25.7 Å². The Morgan fingerprint density at radius 2 is 1.95 bits per heavy atom. The number of ether oxygens (including phenoxy) is 1. The quantitative estimate of drug-likeness (QED) is 0.650. The molecule has 0 spiro atoms. The fraction of sp³-hybridized carbons (Fsp3) is 0.643. The first-order valence-corrected chi connectivity index (χ1v) is 6.96. The average molecular weight is 260 g/mol. The number of hydrogen-bond acceptors (Lipinski definition) is 5. The van der Waals surface area contributed by atoms with Gasteiger partial charge in [0.2, 0.25) is 0 Å². The van der Waals surface area contributed by atoms with Gasteiger partial charge < -0.3 is 10.1 Å². The molecule has 1 aromatic heterocycles. The third-order valence-corrected chi connectivity index (χ3v) is 3.35. The minimum absolute atomic E-state index is 0.331. The van der Waals surface area contributed by atoms with Gasteiger partial charge in [-0.15, -0.1) is 0 Å². The lowest BCUT2D eigenvalue weighted by Gasteiger charge is -2.15. The molecule has 0 amide bonds. The van der Waals surface area contributed by atoms with Gasteiger partial charge in [-0.25, -0.2) is 9.97 Å². The van der Waals surface area contributed by atoms with Gasteiger partial charge in [-0.3, -0.25) is 0 Å². The summed E-state index contributed by atoms with van der Waals surface area (Å²) < 4.78 is 5.86. The highest BCUT2D eigenvalue weighted by molar-refractivity contribution is 5.46.